The molecule has 0 fully saturated rings. The largest absolute Gasteiger partial charge is 0.309 e. The second-order valence-corrected chi connectivity index (χ2v) is 31.0. The molecule has 7 aromatic heterocycles. The van der Waals surface area contributed by atoms with E-state index in [1.54, 1.807) is 0 Å². The van der Waals surface area contributed by atoms with E-state index in [4.69, 9.17) is 74.8 Å². The van der Waals surface area contributed by atoms with E-state index < -0.39 is 0 Å². The normalized spacial score (nSPS) is 11.4. The summed E-state index contributed by atoms with van der Waals surface area (Å²) in [7, 11) is 0. The fourth-order valence-corrected chi connectivity index (χ4v) is 16.8. The highest BCUT2D eigenvalue weighted by Gasteiger charge is 2.27. The summed E-state index contributed by atoms with van der Waals surface area (Å²) in [5.74, 6) is 7.95. The second kappa shape index (κ2) is 32.5. The van der Waals surface area contributed by atoms with Gasteiger partial charge in [0.05, 0.1) is 33.4 Å². The lowest BCUT2D eigenvalue weighted by Crippen LogP contribution is -2.04. The molecule has 0 aliphatic carbocycles. The molecule has 23 aromatic rings. The van der Waals surface area contributed by atoms with Gasteiger partial charge in [0.2, 0.25) is 0 Å². The molecule has 23 rings (SSSR count). The molecule has 128 heavy (non-hydrogen) atoms. The molecule has 0 radical (unpaired) electrons. The standard InChI is InChI=1S/C111H69N17/c1-11-33-70(34-12-1)97-112-98(71-35-13-2-14-36-71)118-107(117-97)80-55-60-92(128-95-63-58-83(110-123-103(76-45-23-7-24-46-76)115-104(124-110)77-47-25-8-26-48-77)68-89(95)90-69-84(59-64-96(90)128)111-125-105(78-49-27-9-28-50-78)116-106(126-111)79-51-29-10-30-52-79)86(65-80)85-53-31-32-54-91(85)127-93-61-56-81(108-119-99(72-37-15-3-16-38-72)113-100(120-108)73-39-17-4-18-40-73)66-87(93)88-67-82(57-62-94(88)127)109-121-101(74-41-19-5-20-42-74)114-102(122-109)75-43-21-6-22-44-75/h1-69H. The zero-order chi connectivity index (χ0) is 84.8. The molecule has 0 saturated carbocycles. The molecular formula is C111H69N17. The Kier molecular flexibility index (Phi) is 19.1. The lowest BCUT2D eigenvalue weighted by molar-refractivity contribution is 1.07. The van der Waals surface area contributed by atoms with Gasteiger partial charge in [-0.1, -0.05) is 322 Å². The van der Waals surface area contributed by atoms with Crippen LogP contribution in [0.1, 0.15) is 0 Å². The van der Waals surface area contributed by atoms with Gasteiger partial charge in [0, 0.05) is 116 Å². The highest BCUT2D eigenvalue weighted by atomic mass is 15.1. The summed E-state index contributed by atoms with van der Waals surface area (Å²) in [6.07, 6.45) is 0. The van der Waals surface area contributed by atoms with Gasteiger partial charge in [-0.15, -0.1) is 0 Å². The van der Waals surface area contributed by atoms with E-state index in [1.165, 1.54) is 0 Å². The highest BCUT2D eigenvalue weighted by Crippen LogP contribution is 2.46. The predicted molar refractivity (Wildman–Crippen MR) is 509 cm³/mol. The summed E-state index contributed by atoms with van der Waals surface area (Å²) in [6.45, 7) is 0. The van der Waals surface area contributed by atoms with E-state index in [0.29, 0.717) is 87.4 Å². The number of benzene rings is 16. The van der Waals surface area contributed by atoms with Crippen molar-refractivity contribution in [2.24, 2.45) is 0 Å². The first-order valence-electron chi connectivity index (χ1n) is 42.2. The van der Waals surface area contributed by atoms with E-state index in [2.05, 4.69) is 124 Å². The van der Waals surface area contributed by atoms with Gasteiger partial charge < -0.3 is 9.13 Å². The summed E-state index contributed by atoms with van der Waals surface area (Å²) in [6, 6.07) is 142. The fourth-order valence-electron chi connectivity index (χ4n) is 16.8. The van der Waals surface area contributed by atoms with Crippen molar-refractivity contribution in [2.45, 2.75) is 0 Å². The molecule has 0 atom stereocenters. The van der Waals surface area contributed by atoms with Crippen LogP contribution in [0.3, 0.4) is 0 Å². The number of hydrogen-bond donors (Lipinski definition) is 0. The topological polar surface area (TPSA) is 203 Å². The Bertz CT molecular complexity index is 7480. The van der Waals surface area contributed by atoms with Crippen LogP contribution in [-0.4, -0.2) is 83.9 Å². The maximum absolute atomic E-state index is 5.42. The summed E-state index contributed by atoms with van der Waals surface area (Å²) >= 11 is 0. The lowest BCUT2D eigenvalue weighted by atomic mass is 9.98. The second-order valence-electron chi connectivity index (χ2n) is 31.0. The summed E-state index contributed by atoms with van der Waals surface area (Å²) in [4.78, 5) is 79.1. The summed E-state index contributed by atoms with van der Waals surface area (Å²) < 4.78 is 4.75. The Morgan fingerprint density at radius 2 is 0.273 bits per heavy atom. The van der Waals surface area contributed by atoms with E-state index in [-0.39, 0.29) is 0 Å². The van der Waals surface area contributed by atoms with Crippen molar-refractivity contribution in [1.82, 2.24) is 83.9 Å². The number of nitrogens with zero attached hydrogens (tertiary/aromatic N) is 17. The van der Waals surface area contributed by atoms with Crippen LogP contribution >= 0.6 is 0 Å². The molecular weight excluding hydrogens is 1570 g/mol. The van der Waals surface area contributed by atoms with Crippen LogP contribution < -0.4 is 0 Å². The molecule has 598 valence electrons. The zero-order valence-corrected chi connectivity index (χ0v) is 68.4. The minimum absolute atomic E-state index is 0.481. The monoisotopic (exact) mass is 1640 g/mol. The van der Waals surface area contributed by atoms with Crippen molar-refractivity contribution in [3.8, 4) is 193 Å². The third-order valence-electron chi connectivity index (χ3n) is 23.0. The Labute approximate surface area is 734 Å². The van der Waals surface area contributed by atoms with Crippen molar-refractivity contribution in [3.05, 3.63) is 419 Å². The molecule has 0 spiro atoms. The van der Waals surface area contributed by atoms with Gasteiger partial charge in [0.25, 0.3) is 0 Å². The van der Waals surface area contributed by atoms with E-state index >= 15 is 0 Å². The number of hydrogen-bond acceptors (Lipinski definition) is 15. The zero-order valence-electron chi connectivity index (χ0n) is 68.4. The number of fused-ring (bicyclic) bond motifs is 6. The van der Waals surface area contributed by atoms with Crippen LogP contribution in [0.25, 0.3) is 237 Å². The third kappa shape index (κ3) is 14.4. The average molecular weight is 1640 g/mol. The first kappa shape index (κ1) is 75.2. The molecule has 17 heteroatoms. The molecule has 17 nitrogen and oxygen atoms in total. The molecule has 0 saturated heterocycles. The first-order valence-corrected chi connectivity index (χ1v) is 42.2. The van der Waals surface area contributed by atoms with Crippen molar-refractivity contribution >= 4 is 43.6 Å². The van der Waals surface area contributed by atoms with Gasteiger partial charge in [-0.05, 0) is 97.1 Å². The van der Waals surface area contributed by atoms with E-state index in [0.717, 1.165) is 150 Å². The minimum Gasteiger partial charge on any atom is -0.309 e. The highest BCUT2D eigenvalue weighted by molar-refractivity contribution is 6.14. The van der Waals surface area contributed by atoms with Crippen molar-refractivity contribution in [2.75, 3.05) is 0 Å². The Morgan fingerprint density at radius 1 is 0.117 bits per heavy atom. The number of aromatic nitrogens is 17. The molecule has 7 heterocycles. The Morgan fingerprint density at radius 3 is 0.477 bits per heavy atom. The van der Waals surface area contributed by atoms with Crippen molar-refractivity contribution < 1.29 is 0 Å². The number of para-hydroxylation sites is 1. The van der Waals surface area contributed by atoms with Crippen molar-refractivity contribution in [1.29, 1.82) is 0 Å². The van der Waals surface area contributed by atoms with Gasteiger partial charge in [0.15, 0.2) is 87.4 Å². The maximum Gasteiger partial charge on any atom is 0.164 e. The average Bonchev–Trinajstić information content (AvgIpc) is 1.56. The van der Waals surface area contributed by atoms with Crippen LogP contribution in [0.2, 0.25) is 0 Å². The first-order chi connectivity index (χ1) is 63.4. The quantitative estimate of drug-likeness (QED) is 0.0784. The van der Waals surface area contributed by atoms with Crippen LogP contribution in [0.5, 0.6) is 0 Å². The van der Waals surface area contributed by atoms with Gasteiger partial charge >= 0.3 is 0 Å². The summed E-state index contributed by atoms with van der Waals surface area (Å²) in [5.41, 5.74) is 19.5. The van der Waals surface area contributed by atoms with E-state index in [9.17, 15) is 0 Å². The van der Waals surface area contributed by atoms with Gasteiger partial charge in [0.1, 0.15) is 0 Å². The van der Waals surface area contributed by atoms with E-state index in [1.807, 2.05) is 303 Å². The Hall–Kier alpha value is -17.8. The molecule has 0 N–H and O–H groups in total. The SMILES string of the molecule is c1ccc(-c2nc(-c3ccccc3)nc(-c3ccc(-n4c5ccc(-c6nc(-c7ccccc7)nc(-c7ccccc7)n6)cc5c5cc(-c6nc(-c7ccccc7)nc(-c7ccccc7)n6)ccc54)c(-c4ccccc4-n4c5ccc(-c6nc(-c7ccccc7)nc(-c7ccccc7)n6)cc5c5cc(-c6nc(-c7ccccc7)nc(-c7ccccc7)n6)ccc54)c3)n2)cc1. The van der Waals surface area contributed by atoms with Crippen molar-refractivity contribution in [3.63, 3.8) is 0 Å². The Balaban J connectivity index is 0.789. The predicted octanol–water partition coefficient (Wildman–Crippen LogP) is 25.5. The number of rotatable bonds is 18. The van der Waals surface area contributed by atoms with Gasteiger partial charge in [-0.25, -0.2) is 74.8 Å². The van der Waals surface area contributed by atoms with Crippen LogP contribution in [0.15, 0.2) is 419 Å². The summed E-state index contributed by atoms with van der Waals surface area (Å²) in [5, 5.41) is 3.66. The van der Waals surface area contributed by atoms with Gasteiger partial charge in [-0.2, -0.15) is 0 Å². The molecule has 0 amide bonds. The molecule has 0 unspecified atom stereocenters. The molecule has 0 bridgehead atoms. The maximum atomic E-state index is 5.42. The fraction of sp³-hybridized carbons (Fsp3) is 0. The van der Waals surface area contributed by atoms with Gasteiger partial charge in [-0.3, -0.25) is 0 Å². The van der Waals surface area contributed by atoms with Crippen LogP contribution in [0.4, 0.5) is 0 Å². The van der Waals surface area contributed by atoms with Crippen LogP contribution in [0, 0.1) is 0 Å². The smallest absolute Gasteiger partial charge is 0.164 e. The molecule has 0 aliphatic rings. The lowest BCUT2D eigenvalue weighted by Gasteiger charge is -2.20. The third-order valence-corrected chi connectivity index (χ3v) is 23.0. The minimum atomic E-state index is 0.481. The molecule has 16 aromatic carbocycles. The van der Waals surface area contributed by atoms with Crippen LogP contribution in [-0.2, 0) is 0 Å². The molecule has 0 aliphatic heterocycles.